The fraction of sp³-hybridized carbons (Fsp3) is 0.348. The fourth-order valence-corrected chi connectivity index (χ4v) is 4.57. The monoisotopic (exact) mass is 436 g/mol. The van der Waals surface area contributed by atoms with Crippen molar-refractivity contribution in [2.24, 2.45) is 0 Å². The van der Waals surface area contributed by atoms with Crippen molar-refractivity contribution < 1.29 is 19.3 Å². The Labute approximate surface area is 184 Å². The number of nitro benzene ring substituents is 1. The molecule has 4 amide bonds. The van der Waals surface area contributed by atoms with Crippen LogP contribution in [-0.4, -0.2) is 38.3 Å². The van der Waals surface area contributed by atoms with E-state index >= 15 is 0 Å². The van der Waals surface area contributed by atoms with Gasteiger partial charge in [-0.1, -0.05) is 25.3 Å². The first-order chi connectivity index (χ1) is 15.3. The third-order valence-electron chi connectivity index (χ3n) is 6.14. The molecule has 1 aliphatic heterocycles. The Morgan fingerprint density at radius 3 is 2.50 bits per heavy atom. The Balaban J connectivity index is 1.72. The van der Waals surface area contributed by atoms with Gasteiger partial charge in [-0.3, -0.25) is 29.9 Å². The van der Waals surface area contributed by atoms with E-state index in [0.29, 0.717) is 11.3 Å². The highest BCUT2D eigenvalue weighted by molar-refractivity contribution is 6.31. The van der Waals surface area contributed by atoms with Crippen LogP contribution >= 0.6 is 0 Å². The molecule has 0 atom stereocenters. The van der Waals surface area contributed by atoms with Crippen LogP contribution in [0.4, 0.5) is 10.5 Å². The average molecular weight is 436 g/mol. The first-order valence-corrected chi connectivity index (χ1v) is 10.6. The Kier molecular flexibility index (Phi) is 5.65. The molecule has 32 heavy (non-hydrogen) atoms. The summed E-state index contributed by atoms with van der Waals surface area (Å²) in [5, 5.41) is 13.5. The molecule has 1 N–H and O–H groups in total. The number of rotatable bonds is 4. The normalized spacial score (nSPS) is 18.9. The van der Waals surface area contributed by atoms with E-state index in [1.54, 1.807) is 12.1 Å². The molecule has 9 nitrogen and oxygen atoms in total. The van der Waals surface area contributed by atoms with E-state index in [9.17, 15) is 24.5 Å². The number of urea groups is 1. The van der Waals surface area contributed by atoms with E-state index in [1.165, 1.54) is 23.1 Å². The zero-order valence-corrected chi connectivity index (χ0v) is 18.0. The van der Waals surface area contributed by atoms with Gasteiger partial charge in [0, 0.05) is 29.6 Å². The third-order valence-corrected chi connectivity index (χ3v) is 6.14. The van der Waals surface area contributed by atoms with E-state index in [0.717, 1.165) is 43.5 Å². The van der Waals surface area contributed by atoms with Crippen molar-refractivity contribution in [1.82, 2.24) is 14.8 Å². The highest BCUT2D eigenvalue weighted by Gasteiger charge is 2.40. The average Bonchev–Trinajstić information content (AvgIpc) is 3.04. The number of carbonyl (C=O) groups excluding carboxylic acids is 3. The zero-order chi connectivity index (χ0) is 23.0. The molecular formula is C23H24N4O5. The number of nitrogens with zero attached hydrogens (tertiary/aromatic N) is 3. The second-order valence-corrected chi connectivity index (χ2v) is 8.22. The van der Waals surface area contributed by atoms with Crippen molar-refractivity contribution in [3.63, 3.8) is 0 Å². The summed E-state index contributed by atoms with van der Waals surface area (Å²) in [5.74, 6) is -1.29. The molecule has 2 aliphatic rings. The second-order valence-electron chi connectivity index (χ2n) is 8.22. The smallest absolute Gasteiger partial charge is 0.318 e. The number of hydrogen-bond donors (Lipinski definition) is 1. The van der Waals surface area contributed by atoms with Crippen LogP contribution in [0, 0.1) is 24.0 Å². The second kappa shape index (κ2) is 8.41. The van der Waals surface area contributed by atoms with E-state index < -0.39 is 22.8 Å². The summed E-state index contributed by atoms with van der Waals surface area (Å²) < 4.78 is 1.83. The zero-order valence-electron chi connectivity index (χ0n) is 18.0. The van der Waals surface area contributed by atoms with Gasteiger partial charge in [-0.2, -0.15) is 0 Å². The maximum Gasteiger partial charge on any atom is 0.331 e. The summed E-state index contributed by atoms with van der Waals surface area (Å²) in [7, 11) is 0. The molecule has 0 unspecified atom stereocenters. The van der Waals surface area contributed by atoms with Crippen molar-refractivity contribution in [2.45, 2.75) is 52.0 Å². The van der Waals surface area contributed by atoms with Gasteiger partial charge in [0.15, 0.2) is 0 Å². The number of aromatic nitrogens is 1. The summed E-state index contributed by atoms with van der Waals surface area (Å²) in [6.45, 7) is 3.65. The van der Waals surface area contributed by atoms with Gasteiger partial charge in [0.1, 0.15) is 5.57 Å². The van der Waals surface area contributed by atoms with Crippen LogP contribution in [0.1, 0.15) is 49.1 Å². The topological polar surface area (TPSA) is 115 Å². The molecule has 0 spiro atoms. The number of nitro groups is 1. The minimum atomic E-state index is -0.716. The predicted octanol–water partition coefficient (Wildman–Crippen LogP) is 3.80. The minimum Gasteiger partial charge on any atom is -0.318 e. The van der Waals surface area contributed by atoms with Crippen LogP contribution in [-0.2, 0) is 9.59 Å². The van der Waals surface area contributed by atoms with Crippen molar-refractivity contribution in [3.05, 3.63) is 63.0 Å². The lowest BCUT2D eigenvalue weighted by atomic mass is 9.93. The Morgan fingerprint density at radius 1 is 1.09 bits per heavy atom. The number of amides is 4. The molecule has 1 aromatic carbocycles. The van der Waals surface area contributed by atoms with Crippen molar-refractivity contribution in [1.29, 1.82) is 0 Å². The Morgan fingerprint density at radius 2 is 1.81 bits per heavy atom. The standard InChI is InChI=1S/C23H24N4O5/c1-14-11-16(15(2)25(14)18-9-6-10-19(13-18)27(31)32)12-20-21(28)24-23(30)26(22(20)29)17-7-4-3-5-8-17/h6,9-13,17H,3-5,7-8H2,1-2H3,(H,24,28,30)/b20-12+. The van der Waals surface area contributed by atoms with Crippen LogP contribution in [0.5, 0.6) is 0 Å². The highest BCUT2D eigenvalue weighted by atomic mass is 16.6. The molecular weight excluding hydrogens is 412 g/mol. The molecule has 2 fully saturated rings. The number of non-ortho nitro benzene ring substituents is 1. The number of nitrogens with one attached hydrogen (secondary N) is 1. The number of imide groups is 2. The summed E-state index contributed by atoms with van der Waals surface area (Å²) in [6, 6.07) is 7.20. The van der Waals surface area contributed by atoms with Crippen molar-refractivity contribution >= 4 is 29.6 Å². The number of benzene rings is 1. The molecule has 4 rings (SSSR count). The van der Waals surface area contributed by atoms with E-state index in [2.05, 4.69) is 5.32 Å². The lowest BCUT2D eigenvalue weighted by Gasteiger charge is -2.35. The number of aryl methyl sites for hydroxylation is 1. The maximum atomic E-state index is 13.1. The quantitative estimate of drug-likeness (QED) is 0.339. The van der Waals surface area contributed by atoms with Gasteiger partial charge in [0.25, 0.3) is 17.5 Å². The highest BCUT2D eigenvalue weighted by Crippen LogP contribution is 2.28. The molecule has 1 saturated carbocycles. The number of barbiturate groups is 1. The maximum absolute atomic E-state index is 13.1. The SMILES string of the molecule is Cc1cc(/C=C2\C(=O)NC(=O)N(C3CCCCC3)C2=O)c(C)n1-c1cccc([N+](=O)[O-])c1. The van der Waals surface area contributed by atoms with E-state index in [1.807, 2.05) is 24.5 Å². The number of carbonyl (C=O) groups is 3. The molecule has 0 radical (unpaired) electrons. The van der Waals surface area contributed by atoms with Gasteiger partial charge >= 0.3 is 6.03 Å². The Hall–Kier alpha value is -3.75. The fourth-order valence-electron chi connectivity index (χ4n) is 4.57. The van der Waals surface area contributed by atoms with Gasteiger partial charge in [0.2, 0.25) is 0 Å². The largest absolute Gasteiger partial charge is 0.331 e. The summed E-state index contributed by atoms with van der Waals surface area (Å²) in [4.78, 5) is 49.9. The van der Waals surface area contributed by atoms with Crippen LogP contribution in [0.3, 0.4) is 0 Å². The molecule has 166 valence electrons. The first kappa shape index (κ1) is 21.5. The van der Waals surface area contributed by atoms with E-state index in [-0.39, 0.29) is 17.3 Å². The van der Waals surface area contributed by atoms with Gasteiger partial charge in [0.05, 0.1) is 10.6 Å². The molecule has 1 saturated heterocycles. The van der Waals surface area contributed by atoms with Crippen molar-refractivity contribution in [2.75, 3.05) is 0 Å². The summed E-state index contributed by atoms with van der Waals surface area (Å²) in [5.41, 5.74) is 2.63. The summed E-state index contributed by atoms with van der Waals surface area (Å²) >= 11 is 0. The molecule has 1 aromatic heterocycles. The van der Waals surface area contributed by atoms with Crippen LogP contribution in [0.25, 0.3) is 11.8 Å². The molecule has 0 bridgehead atoms. The van der Waals surface area contributed by atoms with E-state index in [4.69, 9.17) is 0 Å². The molecule has 2 heterocycles. The molecule has 9 heteroatoms. The lowest BCUT2D eigenvalue weighted by Crippen LogP contribution is -2.58. The van der Waals surface area contributed by atoms with Gasteiger partial charge in [-0.15, -0.1) is 0 Å². The Bertz CT molecular complexity index is 1160. The molecule has 2 aromatic rings. The van der Waals surface area contributed by atoms with Gasteiger partial charge < -0.3 is 4.57 Å². The predicted molar refractivity (Wildman–Crippen MR) is 117 cm³/mol. The van der Waals surface area contributed by atoms with Gasteiger partial charge in [-0.05, 0) is 50.5 Å². The minimum absolute atomic E-state index is 0.0293. The molecule has 1 aliphatic carbocycles. The van der Waals surface area contributed by atoms with Crippen LogP contribution < -0.4 is 5.32 Å². The first-order valence-electron chi connectivity index (χ1n) is 10.6. The number of hydrogen-bond acceptors (Lipinski definition) is 5. The summed E-state index contributed by atoms with van der Waals surface area (Å²) in [6.07, 6.45) is 5.93. The van der Waals surface area contributed by atoms with Crippen LogP contribution in [0.2, 0.25) is 0 Å². The third kappa shape index (κ3) is 3.81. The lowest BCUT2D eigenvalue weighted by molar-refractivity contribution is -0.384. The van der Waals surface area contributed by atoms with Crippen LogP contribution in [0.15, 0.2) is 35.9 Å². The van der Waals surface area contributed by atoms with Gasteiger partial charge in [-0.25, -0.2) is 4.79 Å². The van der Waals surface area contributed by atoms with Crippen molar-refractivity contribution in [3.8, 4) is 5.69 Å².